The third kappa shape index (κ3) is 5.12. The highest BCUT2D eigenvalue weighted by Crippen LogP contribution is 2.29. The van der Waals surface area contributed by atoms with Crippen LogP contribution in [0, 0.1) is 0 Å². The fourth-order valence-corrected chi connectivity index (χ4v) is 2.59. The zero-order chi connectivity index (χ0) is 20.0. The van der Waals surface area contributed by atoms with E-state index in [0.717, 1.165) is 28.9 Å². The summed E-state index contributed by atoms with van der Waals surface area (Å²) in [6.07, 6.45) is -0.724. The summed E-state index contributed by atoms with van der Waals surface area (Å²) >= 11 is 0. The highest BCUT2D eigenvalue weighted by Gasteiger charge is 2.29. The van der Waals surface area contributed by atoms with Crippen molar-refractivity contribution in [1.29, 1.82) is 0 Å². The molecule has 8 heteroatoms. The molecule has 0 saturated carbocycles. The average molecular weight is 387 g/mol. The fraction of sp³-hybridized carbons (Fsp3) is 0.200. The van der Waals surface area contributed by atoms with Crippen LogP contribution in [0.3, 0.4) is 0 Å². The number of hydrogen-bond donors (Lipinski definition) is 2. The number of nitrogens with one attached hydrogen (secondary N) is 2. The van der Waals surface area contributed by atoms with Crippen molar-refractivity contribution in [2.24, 2.45) is 4.99 Å². The second kappa shape index (κ2) is 8.60. The number of hydrogen-bond acceptors (Lipinski definition) is 2. The number of halogens is 3. The van der Waals surface area contributed by atoms with Gasteiger partial charge in [0.15, 0.2) is 5.96 Å². The molecule has 146 valence electrons. The Morgan fingerprint density at radius 1 is 0.964 bits per heavy atom. The normalized spacial score (nSPS) is 12.1. The van der Waals surface area contributed by atoms with Crippen LogP contribution in [0.4, 0.5) is 13.2 Å². The van der Waals surface area contributed by atoms with E-state index in [2.05, 4.69) is 20.7 Å². The molecule has 0 bridgehead atoms. The summed E-state index contributed by atoms with van der Waals surface area (Å²) in [7, 11) is 1.64. The summed E-state index contributed by atoms with van der Waals surface area (Å²) in [5, 5.41) is 10.5. The first kappa shape index (κ1) is 19.5. The zero-order valence-corrected chi connectivity index (χ0v) is 15.2. The van der Waals surface area contributed by atoms with Gasteiger partial charge in [-0.2, -0.15) is 18.3 Å². The molecule has 2 N–H and O–H groups in total. The van der Waals surface area contributed by atoms with E-state index in [1.807, 2.05) is 36.5 Å². The predicted octanol–water partition coefficient (Wildman–Crippen LogP) is 3.76. The highest BCUT2D eigenvalue weighted by molar-refractivity contribution is 5.79. The molecule has 0 spiro atoms. The molecule has 3 aromatic rings. The van der Waals surface area contributed by atoms with Crippen molar-refractivity contribution in [1.82, 2.24) is 20.4 Å². The first-order valence-corrected chi connectivity index (χ1v) is 8.65. The van der Waals surface area contributed by atoms with E-state index >= 15 is 0 Å². The fourth-order valence-electron chi connectivity index (χ4n) is 2.59. The summed E-state index contributed by atoms with van der Waals surface area (Å²) in [6, 6.07) is 14.9. The molecule has 3 rings (SSSR count). The van der Waals surface area contributed by atoms with Crippen LogP contribution >= 0.6 is 0 Å². The van der Waals surface area contributed by atoms with Crippen LogP contribution in [-0.4, -0.2) is 22.8 Å². The number of guanidine groups is 1. The van der Waals surface area contributed by atoms with Crippen LogP contribution in [-0.2, 0) is 19.3 Å². The van der Waals surface area contributed by atoms with E-state index in [9.17, 15) is 13.2 Å². The maximum atomic E-state index is 12.6. The SMILES string of the molecule is CN=C(NCc1ccc(-n2cccn2)cc1)NCc1ccc(C(F)(F)F)cc1. The van der Waals surface area contributed by atoms with Crippen molar-refractivity contribution >= 4 is 5.96 Å². The van der Waals surface area contributed by atoms with Crippen LogP contribution in [0.1, 0.15) is 16.7 Å². The minimum Gasteiger partial charge on any atom is -0.352 e. The molecule has 2 aromatic carbocycles. The molecule has 0 atom stereocenters. The Labute approximate surface area is 160 Å². The minimum absolute atomic E-state index is 0.371. The van der Waals surface area contributed by atoms with E-state index in [1.54, 1.807) is 17.9 Å². The molecule has 5 nitrogen and oxygen atoms in total. The number of benzene rings is 2. The standard InChI is InChI=1S/C20H20F3N5/c1-24-19(25-13-15-3-7-17(8-4-15)20(21,22)23)26-14-16-5-9-18(10-6-16)28-12-2-11-27-28/h2-12H,13-14H2,1H3,(H2,24,25,26). The Hall–Kier alpha value is -3.29. The number of rotatable bonds is 5. The first-order chi connectivity index (χ1) is 13.5. The number of nitrogens with zero attached hydrogens (tertiary/aromatic N) is 3. The van der Waals surface area contributed by atoms with Crippen molar-refractivity contribution < 1.29 is 13.2 Å². The van der Waals surface area contributed by atoms with Crippen molar-refractivity contribution in [3.05, 3.63) is 83.7 Å². The molecule has 28 heavy (non-hydrogen) atoms. The molecular weight excluding hydrogens is 367 g/mol. The molecule has 0 amide bonds. The quantitative estimate of drug-likeness (QED) is 0.518. The summed E-state index contributed by atoms with van der Waals surface area (Å²) in [4.78, 5) is 4.13. The maximum absolute atomic E-state index is 12.6. The highest BCUT2D eigenvalue weighted by atomic mass is 19.4. The van der Waals surface area contributed by atoms with Gasteiger partial charge < -0.3 is 10.6 Å². The van der Waals surface area contributed by atoms with Gasteiger partial charge in [0.05, 0.1) is 11.3 Å². The van der Waals surface area contributed by atoms with Gasteiger partial charge in [-0.3, -0.25) is 4.99 Å². The summed E-state index contributed by atoms with van der Waals surface area (Å²) < 4.78 is 39.6. The Bertz CT molecular complexity index is 899. The third-order valence-electron chi connectivity index (χ3n) is 4.13. The smallest absolute Gasteiger partial charge is 0.352 e. The maximum Gasteiger partial charge on any atom is 0.416 e. The van der Waals surface area contributed by atoms with E-state index < -0.39 is 11.7 Å². The van der Waals surface area contributed by atoms with Crippen molar-refractivity contribution in [3.8, 4) is 5.69 Å². The Kier molecular flexibility index (Phi) is 5.98. The van der Waals surface area contributed by atoms with Gasteiger partial charge in [-0.25, -0.2) is 4.68 Å². The van der Waals surface area contributed by atoms with Crippen LogP contribution in [0.25, 0.3) is 5.69 Å². The lowest BCUT2D eigenvalue weighted by Crippen LogP contribution is -2.36. The molecule has 0 radical (unpaired) electrons. The van der Waals surface area contributed by atoms with E-state index in [4.69, 9.17) is 0 Å². The van der Waals surface area contributed by atoms with Crippen molar-refractivity contribution in [3.63, 3.8) is 0 Å². The Morgan fingerprint density at radius 2 is 1.54 bits per heavy atom. The van der Waals surface area contributed by atoms with E-state index in [0.29, 0.717) is 19.0 Å². The van der Waals surface area contributed by atoms with Crippen molar-refractivity contribution in [2.75, 3.05) is 7.05 Å². The number of alkyl halides is 3. The lowest BCUT2D eigenvalue weighted by Gasteiger charge is -2.13. The molecular formula is C20H20F3N5. The summed E-state index contributed by atoms with van der Waals surface area (Å²) in [6.45, 7) is 0.933. The van der Waals surface area contributed by atoms with Gasteiger partial charge >= 0.3 is 6.18 Å². The first-order valence-electron chi connectivity index (χ1n) is 8.65. The lowest BCUT2D eigenvalue weighted by atomic mass is 10.1. The number of aromatic nitrogens is 2. The molecule has 0 fully saturated rings. The van der Waals surface area contributed by atoms with Crippen LogP contribution < -0.4 is 10.6 Å². The largest absolute Gasteiger partial charge is 0.416 e. The lowest BCUT2D eigenvalue weighted by molar-refractivity contribution is -0.137. The minimum atomic E-state index is -4.32. The van der Waals surface area contributed by atoms with E-state index in [1.165, 1.54) is 12.1 Å². The molecule has 0 aliphatic carbocycles. The Balaban J connectivity index is 1.51. The topological polar surface area (TPSA) is 54.2 Å². The average Bonchev–Trinajstić information content (AvgIpc) is 3.23. The van der Waals surface area contributed by atoms with Crippen LogP contribution in [0.5, 0.6) is 0 Å². The molecule has 0 saturated heterocycles. The van der Waals surface area contributed by atoms with Gasteiger partial charge in [0.25, 0.3) is 0 Å². The van der Waals surface area contributed by atoms with Gasteiger partial charge in [0.2, 0.25) is 0 Å². The zero-order valence-electron chi connectivity index (χ0n) is 15.2. The van der Waals surface area contributed by atoms with Crippen LogP contribution in [0.2, 0.25) is 0 Å². The number of aliphatic imine (C=N–C) groups is 1. The van der Waals surface area contributed by atoms with Crippen LogP contribution in [0.15, 0.2) is 72.0 Å². The summed E-state index contributed by atoms with van der Waals surface area (Å²) in [5.74, 6) is 0.566. The predicted molar refractivity (Wildman–Crippen MR) is 102 cm³/mol. The van der Waals surface area contributed by atoms with Gasteiger partial charge in [0.1, 0.15) is 0 Å². The molecule has 0 aliphatic rings. The molecule has 1 aromatic heterocycles. The van der Waals surface area contributed by atoms with Gasteiger partial charge in [-0.05, 0) is 41.5 Å². The second-order valence-corrected chi connectivity index (χ2v) is 6.09. The summed E-state index contributed by atoms with van der Waals surface area (Å²) in [5.41, 5.74) is 2.11. The Morgan fingerprint density at radius 3 is 2.00 bits per heavy atom. The second-order valence-electron chi connectivity index (χ2n) is 6.09. The van der Waals surface area contributed by atoms with Gasteiger partial charge in [-0.1, -0.05) is 24.3 Å². The van der Waals surface area contributed by atoms with Crippen molar-refractivity contribution in [2.45, 2.75) is 19.3 Å². The van der Waals surface area contributed by atoms with E-state index in [-0.39, 0.29) is 0 Å². The molecule has 1 heterocycles. The molecule has 0 aliphatic heterocycles. The molecule has 0 unspecified atom stereocenters. The van der Waals surface area contributed by atoms with Gasteiger partial charge in [0, 0.05) is 32.5 Å². The monoisotopic (exact) mass is 387 g/mol. The third-order valence-corrected chi connectivity index (χ3v) is 4.13. The van der Waals surface area contributed by atoms with Gasteiger partial charge in [-0.15, -0.1) is 0 Å².